The molecule has 0 spiro atoms. The van der Waals surface area contributed by atoms with E-state index in [-0.39, 0.29) is 17.6 Å². The van der Waals surface area contributed by atoms with E-state index in [1.165, 1.54) is 7.11 Å². The number of ether oxygens (including phenoxy) is 1. The van der Waals surface area contributed by atoms with Crippen LogP contribution in [-0.2, 0) is 4.79 Å². The molecule has 1 amide bonds. The van der Waals surface area contributed by atoms with Crippen molar-refractivity contribution in [1.82, 2.24) is 5.32 Å². The molecule has 4 heteroatoms. The summed E-state index contributed by atoms with van der Waals surface area (Å²) in [5.74, 6) is 0.801. The fourth-order valence-corrected chi connectivity index (χ4v) is 1.80. The van der Waals surface area contributed by atoms with Gasteiger partial charge in [-0.3, -0.25) is 4.79 Å². The third kappa shape index (κ3) is 1.88. The van der Waals surface area contributed by atoms with Crippen LogP contribution in [0.1, 0.15) is 17.9 Å². The monoisotopic (exact) mass is 207 g/mol. The second-order valence-electron chi connectivity index (χ2n) is 3.64. The topological polar surface area (TPSA) is 58.6 Å². The number of amides is 1. The molecule has 4 nitrogen and oxygen atoms in total. The van der Waals surface area contributed by atoms with Gasteiger partial charge in [0.15, 0.2) is 11.5 Å². The van der Waals surface area contributed by atoms with Crippen molar-refractivity contribution in [1.29, 1.82) is 0 Å². The number of hydrogen-bond donors (Lipinski definition) is 2. The Labute approximate surface area is 87.9 Å². The number of carbonyl (C=O) groups excluding carboxylic acids is 1. The summed E-state index contributed by atoms with van der Waals surface area (Å²) in [6.45, 7) is 0.643. The molecule has 1 saturated heterocycles. The van der Waals surface area contributed by atoms with E-state index in [0.717, 1.165) is 5.56 Å². The van der Waals surface area contributed by atoms with E-state index < -0.39 is 0 Å². The predicted octanol–water partition coefficient (Wildman–Crippen LogP) is 1.00. The molecule has 1 aliphatic rings. The maximum atomic E-state index is 11.0. The summed E-state index contributed by atoms with van der Waals surface area (Å²) in [4.78, 5) is 11.0. The van der Waals surface area contributed by atoms with Crippen molar-refractivity contribution < 1.29 is 14.6 Å². The lowest BCUT2D eigenvalue weighted by Gasteiger charge is -2.10. The van der Waals surface area contributed by atoms with Gasteiger partial charge in [0.2, 0.25) is 5.91 Å². The number of benzene rings is 1. The third-order valence-electron chi connectivity index (χ3n) is 2.65. The molecule has 1 aromatic rings. The smallest absolute Gasteiger partial charge is 0.220 e. The van der Waals surface area contributed by atoms with E-state index in [4.69, 9.17) is 4.74 Å². The maximum absolute atomic E-state index is 11.0. The third-order valence-corrected chi connectivity index (χ3v) is 2.65. The Kier molecular flexibility index (Phi) is 2.49. The lowest BCUT2D eigenvalue weighted by molar-refractivity contribution is -0.119. The van der Waals surface area contributed by atoms with Gasteiger partial charge in [-0.2, -0.15) is 0 Å². The molecule has 0 radical (unpaired) electrons. The van der Waals surface area contributed by atoms with Crippen LogP contribution in [0.4, 0.5) is 0 Å². The molecule has 1 fully saturated rings. The van der Waals surface area contributed by atoms with Crippen LogP contribution in [0.5, 0.6) is 11.5 Å². The molecule has 0 aromatic heterocycles. The van der Waals surface area contributed by atoms with Crippen molar-refractivity contribution in [2.45, 2.75) is 12.3 Å². The zero-order valence-electron chi connectivity index (χ0n) is 8.49. The van der Waals surface area contributed by atoms with E-state index in [0.29, 0.717) is 18.7 Å². The number of carbonyl (C=O) groups is 1. The zero-order valence-corrected chi connectivity index (χ0v) is 8.49. The minimum atomic E-state index is 0.0651. The van der Waals surface area contributed by atoms with Crippen LogP contribution in [0.15, 0.2) is 18.2 Å². The Bertz CT molecular complexity index is 389. The lowest BCUT2D eigenvalue weighted by atomic mass is 9.98. The second kappa shape index (κ2) is 3.81. The number of nitrogens with one attached hydrogen (secondary N) is 1. The van der Waals surface area contributed by atoms with Crippen molar-refractivity contribution in [3.63, 3.8) is 0 Å². The van der Waals surface area contributed by atoms with Gasteiger partial charge >= 0.3 is 0 Å². The van der Waals surface area contributed by atoms with Gasteiger partial charge < -0.3 is 15.2 Å². The van der Waals surface area contributed by atoms with E-state index in [9.17, 15) is 9.90 Å². The van der Waals surface area contributed by atoms with Gasteiger partial charge in [0.1, 0.15) is 0 Å². The van der Waals surface area contributed by atoms with Gasteiger partial charge in [-0.05, 0) is 17.7 Å². The van der Waals surface area contributed by atoms with Crippen LogP contribution in [0.25, 0.3) is 0 Å². The number of aromatic hydroxyl groups is 1. The summed E-state index contributed by atoms with van der Waals surface area (Å²) in [5.41, 5.74) is 0.964. The summed E-state index contributed by atoms with van der Waals surface area (Å²) in [5, 5.41) is 12.4. The van der Waals surface area contributed by atoms with Gasteiger partial charge in [-0.25, -0.2) is 0 Å². The van der Waals surface area contributed by atoms with Crippen molar-refractivity contribution in [3.05, 3.63) is 23.8 Å². The fraction of sp³-hybridized carbons (Fsp3) is 0.364. The second-order valence-corrected chi connectivity index (χ2v) is 3.64. The molecule has 1 aromatic carbocycles. The number of phenols is 1. The number of rotatable bonds is 2. The normalized spacial score (nSPS) is 20.1. The molecular formula is C11H13NO3. The van der Waals surface area contributed by atoms with Crippen molar-refractivity contribution in [2.75, 3.05) is 13.7 Å². The molecule has 2 N–H and O–H groups in total. The standard InChI is InChI=1S/C11H13NO3/c1-15-10-3-2-7(4-9(10)13)8-5-11(14)12-6-8/h2-4,8,13H,5-6H2,1H3,(H,12,14)/t8-/m0/s1. The van der Waals surface area contributed by atoms with Crippen LogP contribution in [0.2, 0.25) is 0 Å². The first-order valence-corrected chi connectivity index (χ1v) is 4.84. The van der Waals surface area contributed by atoms with Crippen molar-refractivity contribution >= 4 is 5.91 Å². The molecule has 1 atom stereocenters. The quantitative estimate of drug-likeness (QED) is 0.760. The van der Waals surface area contributed by atoms with Crippen LogP contribution < -0.4 is 10.1 Å². The van der Waals surface area contributed by atoms with Crippen molar-refractivity contribution in [2.24, 2.45) is 0 Å². The summed E-state index contributed by atoms with van der Waals surface area (Å²) in [7, 11) is 1.51. The minimum Gasteiger partial charge on any atom is -0.504 e. The Morgan fingerprint density at radius 3 is 2.87 bits per heavy atom. The molecule has 2 rings (SSSR count). The SMILES string of the molecule is COc1ccc([C@@H]2CNC(=O)C2)cc1O. The number of hydrogen-bond acceptors (Lipinski definition) is 3. The molecule has 0 aliphatic carbocycles. The van der Waals surface area contributed by atoms with Crippen LogP contribution in [0, 0.1) is 0 Å². The van der Waals surface area contributed by atoms with Gasteiger partial charge in [-0.15, -0.1) is 0 Å². The van der Waals surface area contributed by atoms with Crippen molar-refractivity contribution in [3.8, 4) is 11.5 Å². The molecular weight excluding hydrogens is 194 g/mol. The summed E-state index contributed by atoms with van der Waals surface area (Å²) >= 11 is 0. The highest BCUT2D eigenvalue weighted by molar-refractivity contribution is 5.79. The molecule has 1 heterocycles. The van der Waals surface area contributed by atoms with E-state index in [2.05, 4.69) is 5.32 Å². The summed E-state index contributed by atoms with van der Waals surface area (Å²) in [6.07, 6.45) is 0.492. The molecule has 80 valence electrons. The Hall–Kier alpha value is -1.71. The first kappa shape index (κ1) is 9.83. The Morgan fingerprint density at radius 2 is 2.33 bits per heavy atom. The van der Waals surface area contributed by atoms with E-state index in [1.807, 2.05) is 6.07 Å². The van der Waals surface area contributed by atoms with Crippen LogP contribution in [-0.4, -0.2) is 24.7 Å². The Morgan fingerprint density at radius 1 is 1.53 bits per heavy atom. The lowest BCUT2D eigenvalue weighted by Crippen LogP contribution is -2.13. The largest absolute Gasteiger partial charge is 0.504 e. The first-order valence-electron chi connectivity index (χ1n) is 4.84. The highest BCUT2D eigenvalue weighted by Gasteiger charge is 2.23. The maximum Gasteiger partial charge on any atom is 0.220 e. The van der Waals surface area contributed by atoms with Gasteiger partial charge in [0.25, 0.3) is 0 Å². The van der Waals surface area contributed by atoms with E-state index >= 15 is 0 Å². The predicted molar refractivity (Wildman–Crippen MR) is 55.0 cm³/mol. The summed E-state index contributed by atoms with van der Waals surface area (Å²) in [6, 6.07) is 5.25. The highest BCUT2D eigenvalue weighted by Crippen LogP contribution is 2.31. The van der Waals surface area contributed by atoms with Gasteiger partial charge in [-0.1, -0.05) is 6.07 Å². The Balaban J connectivity index is 2.22. The molecule has 0 bridgehead atoms. The average Bonchev–Trinajstić information content (AvgIpc) is 2.65. The first-order chi connectivity index (χ1) is 7.20. The van der Waals surface area contributed by atoms with Gasteiger partial charge in [0, 0.05) is 18.9 Å². The molecule has 1 aliphatic heterocycles. The highest BCUT2D eigenvalue weighted by atomic mass is 16.5. The fourth-order valence-electron chi connectivity index (χ4n) is 1.80. The van der Waals surface area contributed by atoms with Crippen LogP contribution >= 0.6 is 0 Å². The molecule has 0 unspecified atom stereocenters. The number of methoxy groups -OCH3 is 1. The number of phenolic OH excluding ortho intramolecular Hbond substituents is 1. The molecule has 0 saturated carbocycles. The van der Waals surface area contributed by atoms with Gasteiger partial charge in [0.05, 0.1) is 7.11 Å². The summed E-state index contributed by atoms with van der Waals surface area (Å²) < 4.78 is 4.95. The molecule has 15 heavy (non-hydrogen) atoms. The minimum absolute atomic E-state index is 0.0651. The average molecular weight is 207 g/mol. The van der Waals surface area contributed by atoms with Crippen LogP contribution in [0.3, 0.4) is 0 Å². The zero-order chi connectivity index (χ0) is 10.8. The van der Waals surface area contributed by atoms with E-state index in [1.54, 1.807) is 12.1 Å².